The van der Waals surface area contributed by atoms with E-state index in [-0.39, 0.29) is 32.3 Å². The maximum Gasteiger partial charge on any atom is 0.295 e. The van der Waals surface area contributed by atoms with Gasteiger partial charge < -0.3 is 0 Å². The van der Waals surface area contributed by atoms with Crippen LogP contribution in [0.1, 0.15) is 11.1 Å². The molecule has 56 heavy (non-hydrogen) atoms. The van der Waals surface area contributed by atoms with Crippen molar-refractivity contribution in [3.05, 3.63) is 108 Å². The van der Waals surface area contributed by atoms with E-state index in [9.17, 15) is 51.9 Å². The van der Waals surface area contributed by atoms with Crippen molar-refractivity contribution < 1.29 is 51.9 Å². The Morgan fingerprint density at radius 3 is 1.18 bits per heavy atom. The zero-order valence-corrected chi connectivity index (χ0v) is 31.0. The summed E-state index contributed by atoms with van der Waals surface area (Å²) in [5.41, 5.74) is 1.40. The Balaban J connectivity index is 1.15. The highest BCUT2D eigenvalue weighted by Crippen LogP contribution is 2.30. The number of nitrogens with zero attached hydrogens (tertiary/aromatic N) is 6. The lowest BCUT2D eigenvalue weighted by Gasteiger charge is -2.08. The summed E-state index contributed by atoms with van der Waals surface area (Å²) in [4.78, 5) is 0.373. The third kappa shape index (κ3) is 6.79. The van der Waals surface area contributed by atoms with E-state index in [2.05, 4.69) is 20.4 Å². The molecule has 0 aliphatic heterocycles. The molecule has 0 bridgehead atoms. The van der Waals surface area contributed by atoms with Crippen molar-refractivity contribution in [3.63, 3.8) is 0 Å². The Bertz CT molecular complexity index is 3260. The van der Waals surface area contributed by atoms with Crippen molar-refractivity contribution in [3.8, 4) is 11.4 Å². The molecule has 0 radical (unpaired) electrons. The van der Waals surface area contributed by atoms with E-state index in [1.807, 2.05) is 0 Å². The largest absolute Gasteiger partial charge is 0.295 e. The molecule has 284 valence electrons. The van der Waals surface area contributed by atoms with Crippen molar-refractivity contribution in [1.82, 2.24) is 30.0 Å². The van der Waals surface area contributed by atoms with Crippen LogP contribution < -0.4 is 0 Å². The van der Waals surface area contributed by atoms with Gasteiger partial charge in [0, 0.05) is 10.8 Å². The van der Waals surface area contributed by atoms with Gasteiger partial charge in [0.25, 0.3) is 40.5 Å². The molecular formula is C34H22N6O12S4. The van der Waals surface area contributed by atoms with Crippen LogP contribution in [0.15, 0.2) is 117 Å². The van der Waals surface area contributed by atoms with Gasteiger partial charge in [-0.1, -0.05) is 48.6 Å². The standard InChI is InChI=1S/C34H22N6O12S4/c41-53(42,43)25-9-11-27-21(15-25)5-13-29-33(27)37-39(35-29)23-7-3-19(31(17-23)55(47,48)49)1-2-20-4-8-24(18-32(20)56(50,51)52)40-36-30-14-6-22-16-26(54(44,45)46)10-12-28(22)34(30)38-40/h1-18H,(H,41,42,43)(H,44,45,46)(H,47,48,49)(H,50,51,52). The van der Waals surface area contributed by atoms with Gasteiger partial charge in [-0.05, 0) is 82.6 Å². The highest BCUT2D eigenvalue weighted by atomic mass is 32.2. The molecule has 8 aromatic rings. The van der Waals surface area contributed by atoms with Crippen molar-refractivity contribution in [2.24, 2.45) is 0 Å². The minimum atomic E-state index is -4.90. The molecule has 2 heterocycles. The van der Waals surface area contributed by atoms with Crippen molar-refractivity contribution >= 4 is 96.2 Å². The molecule has 18 nitrogen and oxygen atoms in total. The van der Waals surface area contributed by atoms with Gasteiger partial charge in [-0.3, -0.25) is 18.2 Å². The normalized spacial score (nSPS) is 13.1. The van der Waals surface area contributed by atoms with Crippen LogP contribution in [0, 0.1) is 0 Å². The van der Waals surface area contributed by atoms with Crippen molar-refractivity contribution in [2.45, 2.75) is 19.6 Å². The Labute approximate surface area is 315 Å². The van der Waals surface area contributed by atoms with E-state index in [0.29, 0.717) is 43.6 Å². The molecule has 0 fully saturated rings. The van der Waals surface area contributed by atoms with Crippen LogP contribution >= 0.6 is 0 Å². The molecule has 2 aromatic heterocycles. The molecule has 8 rings (SSSR count). The summed E-state index contributed by atoms with van der Waals surface area (Å²) in [5.74, 6) is 0. The van der Waals surface area contributed by atoms with Gasteiger partial charge in [-0.25, -0.2) is 0 Å². The fourth-order valence-corrected chi connectivity index (χ4v) is 8.56. The number of hydrogen-bond acceptors (Lipinski definition) is 12. The Morgan fingerprint density at radius 1 is 0.429 bits per heavy atom. The number of fused-ring (bicyclic) bond motifs is 6. The van der Waals surface area contributed by atoms with Crippen LogP contribution in [0.2, 0.25) is 0 Å². The van der Waals surface area contributed by atoms with Gasteiger partial charge in [0.15, 0.2) is 0 Å². The molecule has 22 heteroatoms. The lowest BCUT2D eigenvalue weighted by Crippen LogP contribution is -2.06. The van der Waals surface area contributed by atoms with Crippen LogP contribution in [0.25, 0.3) is 67.1 Å². The molecule has 0 saturated carbocycles. The van der Waals surface area contributed by atoms with E-state index in [0.717, 1.165) is 21.7 Å². The highest BCUT2D eigenvalue weighted by Gasteiger charge is 2.21. The fourth-order valence-electron chi connectivity index (χ4n) is 6.12. The lowest BCUT2D eigenvalue weighted by atomic mass is 10.1. The van der Waals surface area contributed by atoms with E-state index < -0.39 is 50.3 Å². The highest BCUT2D eigenvalue weighted by molar-refractivity contribution is 7.86. The molecule has 0 unspecified atom stereocenters. The van der Waals surface area contributed by atoms with E-state index in [4.69, 9.17) is 0 Å². The first-order chi connectivity index (χ1) is 26.2. The molecule has 6 aromatic carbocycles. The van der Waals surface area contributed by atoms with Gasteiger partial charge in [0.1, 0.15) is 31.9 Å². The zero-order chi connectivity index (χ0) is 39.9. The average molecular weight is 835 g/mol. The summed E-state index contributed by atoms with van der Waals surface area (Å²) < 4.78 is 136. The smallest absolute Gasteiger partial charge is 0.282 e. The van der Waals surface area contributed by atoms with Crippen molar-refractivity contribution in [1.29, 1.82) is 0 Å². The van der Waals surface area contributed by atoms with E-state index in [1.54, 1.807) is 24.3 Å². The second-order valence-electron chi connectivity index (χ2n) is 12.3. The van der Waals surface area contributed by atoms with E-state index in [1.165, 1.54) is 72.8 Å². The predicted molar refractivity (Wildman–Crippen MR) is 201 cm³/mol. The molecular weight excluding hydrogens is 813 g/mol. The molecule has 0 atom stereocenters. The topological polar surface area (TPSA) is 279 Å². The SMILES string of the molecule is O=S(=O)(O)c1ccc2c(ccc3nn(-c4ccc(C=Cc5ccc(-n6nc7ccc8cc(S(=O)(=O)O)ccc8c7n6)cc5S(=O)(=O)O)c(S(=O)(=O)O)c4)nc32)c1. The Morgan fingerprint density at radius 2 is 0.821 bits per heavy atom. The predicted octanol–water partition coefficient (Wildman–Crippen LogP) is 4.62. The summed E-state index contributed by atoms with van der Waals surface area (Å²) in [6.07, 6.45) is 2.41. The van der Waals surface area contributed by atoms with Crippen molar-refractivity contribution in [2.75, 3.05) is 0 Å². The third-order valence-electron chi connectivity index (χ3n) is 8.73. The van der Waals surface area contributed by atoms with Crippen LogP contribution in [-0.2, 0) is 40.5 Å². The average Bonchev–Trinajstić information content (AvgIpc) is 3.77. The lowest BCUT2D eigenvalue weighted by molar-refractivity contribution is 0.480. The number of hydrogen-bond donors (Lipinski definition) is 4. The summed E-state index contributed by atoms with van der Waals surface area (Å²) in [5, 5.41) is 19.4. The van der Waals surface area contributed by atoms with Gasteiger partial charge >= 0.3 is 0 Å². The summed E-state index contributed by atoms with van der Waals surface area (Å²) in [6.45, 7) is 0. The fraction of sp³-hybridized carbons (Fsp3) is 0. The number of aromatic nitrogens is 6. The van der Waals surface area contributed by atoms with Gasteiger partial charge in [-0.2, -0.15) is 43.3 Å². The van der Waals surface area contributed by atoms with E-state index >= 15 is 0 Å². The molecule has 0 aliphatic carbocycles. The Kier molecular flexibility index (Phi) is 8.44. The zero-order valence-electron chi connectivity index (χ0n) is 27.8. The first-order valence-electron chi connectivity index (χ1n) is 15.7. The van der Waals surface area contributed by atoms with Crippen LogP contribution in [0.5, 0.6) is 0 Å². The first kappa shape index (κ1) is 37.0. The third-order valence-corrected chi connectivity index (χ3v) is 12.2. The second kappa shape index (κ2) is 12.8. The minimum absolute atomic E-state index is 0.0782. The molecule has 0 spiro atoms. The quantitative estimate of drug-likeness (QED) is 0.120. The summed E-state index contributed by atoms with van der Waals surface area (Å²) in [6, 6.07) is 21.7. The summed E-state index contributed by atoms with van der Waals surface area (Å²) in [7, 11) is -18.7. The van der Waals surface area contributed by atoms with Crippen LogP contribution in [0.3, 0.4) is 0 Å². The molecule has 0 aliphatic rings. The molecule has 4 N–H and O–H groups in total. The number of rotatable bonds is 8. The monoisotopic (exact) mass is 834 g/mol. The maximum atomic E-state index is 12.6. The first-order valence-corrected chi connectivity index (χ1v) is 21.5. The van der Waals surface area contributed by atoms with Gasteiger partial charge in [-0.15, -0.1) is 20.4 Å². The second-order valence-corrected chi connectivity index (χ2v) is 17.9. The van der Waals surface area contributed by atoms with Gasteiger partial charge in [0.2, 0.25) is 0 Å². The van der Waals surface area contributed by atoms with Gasteiger partial charge in [0.05, 0.1) is 21.2 Å². The van der Waals surface area contributed by atoms with Crippen LogP contribution in [-0.4, -0.2) is 81.9 Å². The number of benzene rings is 6. The maximum absolute atomic E-state index is 12.6. The molecule has 0 amide bonds. The minimum Gasteiger partial charge on any atom is -0.282 e. The molecule has 0 saturated heterocycles. The summed E-state index contributed by atoms with van der Waals surface area (Å²) >= 11 is 0. The Hall–Kier alpha value is -5.98. The van der Waals surface area contributed by atoms with Crippen LogP contribution in [0.4, 0.5) is 0 Å².